The molecule has 6 nitrogen and oxygen atoms in total. The summed E-state index contributed by atoms with van der Waals surface area (Å²) in [5, 5.41) is 7.76. The second-order valence-electron chi connectivity index (χ2n) is 7.05. The molecule has 1 aliphatic heterocycles. The Morgan fingerprint density at radius 3 is 2.96 bits per heavy atom. The number of benzene rings is 1. The van der Waals surface area contributed by atoms with Gasteiger partial charge in [-0.2, -0.15) is 0 Å². The minimum absolute atomic E-state index is 0.485. The van der Waals surface area contributed by atoms with Gasteiger partial charge in [-0.1, -0.05) is 12.1 Å². The molecule has 0 amide bonds. The largest absolute Gasteiger partial charge is 0.493 e. The Labute approximate surface area is 171 Å². The van der Waals surface area contributed by atoms with Crippen LogP contribution >= 0.6 is 11.3 Å². The van der Waals surface area contributed by atoms with E-state index in [1.54, 1.807) is 11.3 Å². The van der Waals surface area contributed by atoms with Crippen molar-refractivity contribution in [3.63, 3.8) is 0 Å². The van der Waals surface area contributed by atoms with Crippen LogP contribution in [0.3, 0.4) is 0 Å². The zero-order valence-corrected chi connectivity index (χ0v) is 17.8. The zero-order valence-electron chi connectivity index (χ0n) is 17.0. The maximum absolute atomic E-state index is 6.13. The number of guanidine groups is 1. The van der Waals surface area contributed by atoms with Crippen molar-refractivity contribution in [2.24, 2.45) is 10.9 Å². The molecule has 0 radical (unpaired) electrons. The van der Waals surface area contributed by atoms with Gasteiger partial charge in [0.2, 0.25) is 0 Å². The third kappa shape index (κ3) is 6.21. The molecular weight excluding hydrogens is 372 g/mol. The van der Waals surface area contributed by atoms with E-state index in [4.69, 9.17) is 14.5 Å². The lowest BCUT2D eigenvalue weighted by molar-refractivity contribution is 0.166. The van der Waals surface area contributed by atoms with Crippen LogP contribution in [-0.4, -0.2) is 37.3 Å². The summed E-state index contributed by atoms with van der Waals surface area (Å²) in [6.45, 7) is 10.6. The Kier molecular flexibility index (Phi) is 7.68. The number of aliphatic imine (C=N–C) groups is 1. The minimum atomic E-state index is 0.485. The maximum Gasteiger partial charge on any atom is 0.191 e. The number of hydrogen-bond donors (Lipinski definition) is 2. The second-order valence-corrected chi connectivity index (χ2v) is 8.37. The molecule has 2 heterocycles. The maximum atomic E-state index is 6.13. The summed E-state index contributed by atoms with van der Waals surface area (Å²) in [6.07, 6.45) is 2.99. The minimum Gasteiger partial charge on any atom is -0.493 e. The summed E-state index contributed by atoms with van der Waals surface area (Å²) >= 11 is 1.70. The fourth-order valence-electron chi connectivity index (χ4n) is 3.01. The first-order valence-electron chi connectivity index (χ1n) is 9.87. The van der Waals surface area contributed by atoms with E-state index in [0.717, 1.165) is 55.0 Å². The first-order valence-corrected chi connectivity index (χ1v) is 10.7. The van der Waals surface area contributed by atoms with Crippen LogP contribution in [0.2, 0.25) is 0 Å². The van der Waals surface area contributed by atoms with Gasteiger partial charge in [-0.3, -0.25) is 0 Å². The lowest BCUT2D eigenvalue weighted by Gasteiger charge is -2.15. The number of hydrogen-bond acceptors (Lipinski definition) is 5. The van der Waals surface area contributed by atoms with Crippen molar-refractivity contribution in [2.75, 3.05) is 26.4 Å². The Balaban J connectivity index is 1.63. The third-order valence-electron chi connectivity index (χ3n) is 4.57. The first-order chi connectivity index (χ1) is 13.6. The van der Waals surface area contributed by atoms with Gasteiger partial charge in [-0.25, -0.2) is 9.98 Å². The standard InChI is InChI=1S/C21H30N4O2S/c1-4-22-21(25-12-19-11-23-16(3)28-19)24-10-18-6-5-15(2)9-20(18)27-14-17-7-8-26-13-17/h5-6,9,11,17H,4,7-8,10,12-14H2,1-3H3,(H2,22,24,25). The van der Waals surface area contributed by atoms with Crippen LogP contribution in [-0.2, 0) is 17.8 Å². The van der Waals surface area contributed by atoms with E-state index in [0.29, 0.717) is 19.1 Å². The number of ether oxygens (including phenoxy) is 2. The van der Waals surface area contributed by atoms with Crippen molar-refractivity contribution in [3.8, 4) is 5.75 Å². The van der Waals surface area contributed by atoms with Gasteiger partial charge >= 0.3 is 0 Å². The normalized spacial score (nSPS) is 17.0. The van der Waals surface area contributed by atoms with Gasteiger partial charge in [-0.05, 0) is 38.8 Å². The number of nitrogens with one attached hydrogen (secondary N) is 2. The summed E-state index contributed by atoms with van der Waals surface area (Å²) in [5.41, 5.74) is 2.28. The average Bonchev–Trinajstić information content (AvgIpc) is 3.35. The van der Waals surface area contributed by atoms with Crippen molar-refractivity contribution < 1.29 is 9.47 Å². The number of thiazole rings is 1. The van der Waals surface area contributed by atoms with Crippen LogP contribution in [0.25, 0.3) is 0 Å². The molecular formula is C21H30N4O2S. The molecule has 0 bridgehead atoms. The molecule has 28 heavy (non-hydrogen) atoms. The van der Waals surface area contributed by atoms with E-state index in [1.165, 1.54) is 10.4 Å². The van der Waals surface area contributed by atoms with Crippen LogP contribution in [0, 0.1) is 19.8 Å². The van der Waals surface area contributed by atoms with Gasteiger partial charge in [0.25, 0.3) is 0 Å². The van der Waals surface area contributed by atoms with Crippen LogP contribution in [0.15, 0.2) is 29.4 Å². The molecule has 1 atom stereocenters. The van der Waals surface area contributed by atoms with E-state index in [9.17, 15) is 0 Å². The molecule has 0 aliphatic carbocycles. The van der Waals surface area contributed by atoms with E-state index < -0.39 is 0 Å². The number of nitrogens with zero attached hydrogens (tertiary/aromatic N) is 2. The molecule has 1 aromatic heterocycles. The smallest absolute Gasteiger partial charge is 0.191 e. The summed E-state index contributed by atoms with van der Waals surface area (Å²) in [4.78, 5) is 10.2. The SMILES string of the molecule is CCNC(=NCc1ccc(C)cc1OCC1CCOC1)NCc1cnc(C)s1. The lowest BCUT2D eigenvalue weighted by Crippen LogP contribution is -2.36. The van der Waals surface area contributed by atoms with Gasteiger partial charge in [0.1, 0.15) is 5.75 Å². The van der Waals surface area contributed by atoms with Crippen LogP contribution in [0.5, 0.6) is 5.75 Å². The van der Waals surface area contributed by atoms with E-state index >= 15 is 0 Å². The van der Waals surface area contributed by atoms with E-state index in [2.05, 4.69) is 47.7 Å². The highest BCUT2D eigenvalue weighted by Gasteiger charge is 2.17. The monoisotopic (exact) mass is 402 g/mol. The van der Waals surface area contributed by atoms with Gasteiger partial charge in [0.15, 0.2) is 5.96 Å². The molecule has 1 unspecified atom stereocenters. The summed E-state index contributed by atoms with van der Waals surface area (Å²) in [5.74, 6) is 2.20. The molecule has 2 N–H and O–H groups in total. The Morgan fingerprint density at radius 1 is 1.36 bits per heavy atom. The summed E-state index contributed by atoms with van der Waals surface area (Å²) < 4.78 is 11.6. The highest BCUT2D eigenvalue weighted by molar-refractivity contribution is 7.11. The summed E-state index contributed by atoms with van der Waals surface area (Å²) in [6, 6.07) is 6.31. The molecule has 0 spiro atoms. The fraction of sp³-hybridized carbons (Fsp3) is 0.524. The Hall–Kier alpha value is -2.12. The van der Waals surface area contributed by atoms with Gasteiger partial charge < -0.3 is 20.1 Å². The number of aryl methyl sites for hydroxylation is 2. The molecule has 3 rings (SSSR count). The quantitative estimate of drug-likeness (QED) is 0.523. The highest BCUT2D eigenvalue weighted by Crippen LogP contribution is 2.23. The number of aromatic nitrogens is 1. The van der Waals surface area contributed by atoms with E-state index in [1.807, 2.05) is 13.1 Å². The number of rotatable bonds is 8. The molecule has 7 heteroatoms. The van der Waals surface area contributed by atoms with Gasteiger partial charge in [0.05, 0.1) is 31.3 Å². The van der Waals surface area contributed by atoms with E-state index in [-0.39, 0.29) is 0 Å². The molecule has 2 aromatic rings. The van der Waals surface area contributed by atoms with Crippen LogP contribution in [0.4, 0.5) is 0 Å². The van der Waals surface area contributed by atoms with Crippen molar-refractivity contribution in [3.05, 3.63) is 45.4 Å². The topological polar surface area (TPSA) is 67.8 Å². The van der Waals surface area contributed by atoms with Crippen molar-refractivity contribution in [1.82, 2.24) is 15.6 Å². The third-order valence-corrected chi connectivity index (χ3v) is 5.48. The van der Waals surface area contributed by atoms with Gasteiger partial charge in [-0.15, -0.1) is 11.3 Å². The van der Waals surface area contributed by atoms with Gasteiger partial charge in [0, 0.05) is 35.7 Å². The molecule has 1 fully saturated rings. The first kappa shape index (κ1) is 20.6. The molecule has 1 saturated heterocycles. The van der Waals surface area contributed by atoms with Crippen LogP contribution < -0.4 is 15.4 Å². The summed E-state index contributed by atoms with van der Waals surface area (Å²) in [7, 11) is 0. The van der Waals surface area contributed by atoms with Crippen molar-refractivity contribution in [2.45, 2.75) is 40.3 Å². The fourth-order valence-corrected chi connectivity index (χ4v) is 3.75. The Morgan fingerprint density at radius 2 is 2.25 bits per heavy atom. The molecule has 0 saturated carbocycles. The molecule has 1 aliphatic rings. The lowest BCUT2D eigenvalue weighted by atomic mass is 10.1. The molecule has 152 valence electrons. The Bertz CT molecular complexity index is 784. The predicted molar refractivity (Wildman–Crippen MR) is 114 cm³/mol. The molecule has 1 aromatic carbocycles. The zero-order chi connectivity index (χ0) is 19.8. The average molecular weight is 403 g/mol. The van der Waals surface area contributed by atoms with Crippen LogP contribution in [0.1, 0.15) is 34.4 Å². The second kappa shape index (κ2) is 10.4. The van der Waals surface area contributed by atoms with Crippen molar-refractivity contribution >= 4 is 17.3 Å². The van der Waals surface area contributed by atoms with Crippen molar-refractivity contribution in [1.29, 1.82) is 0 Å². The predicted octanol–water partition coefficient (Wildman–Crippen LogP) is 3.43. The highest BCUT2D eigenvalue weighted by atomic mass is 32.1.